The molecule has 2 unspecified atom stereocenters. The predicted octanol–water partition coefficient (Wildman–Crippen LogP) is 7.67. The summed E-state index contributed by atoms with van der Waals surface area (Å²) in [4.78, 5) is 11.9. The quantitative estimate of drug-likeness (QED) is 0.136. The van der Waals surface area contributed by atoms with Gasteiger partial charge >= 0.3 is 8.80 Å². The van der Waals surface area contributed by atoms with Gasteiger partial charge in [0.25, 0.3) is 0 Å². The van der Waals surface area contributed by atoms with Crippen molar-refractivity contribution in [3.63, 3.8) is 0 Å². The number of hydroxylamine groups is 1. The Morgan fingerprint density at radius 2 is 1.61 bits per heavy atom. The van der Waals surface area contributed by atoms with Crippen LogP contribution in [0, 0.1) is 5.92 Å². The summed E-state index contributed by atoms with van der Waals surface area (Å²) in [6.07, 6.45) is 19.8. The van der Waals surface area contributed by atoms with E-state index in [1.54, 1.807) is 0 Å². The predicted molar refractivity (Wildman–Crippen MR) is 143 cm³/mol. The molecule has 0 saturated carbocycles. The van der Waals surface area contributed by atoms with E-state index in [2.05, 4.69) is 19.3 Å². The molecule has 2 atom stereocenters. The topological polar surface area (TPSA) is 56.8 Å². The smallest absolute Gasteiger partial charge is 0.373 e. The molecule has 0 aromatic heterocycles. The molecule has 33 heavy (non-hydrogen) atoms. The van der Waals surface area contributed by atoms with Gasteiger partial charge in [0.05, 0.1) is 0 Å². The number of carbonyl (C=O) groups excluding carboxylic acids is 1. The van der Waals surface area contributed by atoms with Gasteiger partial charge in [-0.3, -0.25) is 9.32 Å². The summed E-state index contributed by atoms with van der Waals surface area (Å²) in [7, 11) is -2.69. The summed E-state index contributed by atoms with van der Waals surface area (Å²) >= 11 is 1.45. The zero-order valence-corrected chi connectivity index (χ0v) is 23.8. The van der Waals surface area contributed by atoms with E-state index in [4.69, 9.17) is 13.4 Å². The lowest BCUT2D eigenvalue weighted by Crippen LogP contribution is -2.52. The highest BCUT2D eigenvalue weighted by atomic mass is 32.2. The number of rotatable bonds is 20. The molecule has 0 aliphatic carbocycles. The SMILES string of the molecule is CCCCCCCCCCCCC1CCO[Si](CCCSC(=O)CCCC)(OCC)ONC1. The number of thioether (sulfide) groups is 1. The molecular weight excluding hydrogens is 450 g/mol. The number of unbranched alkanes of at least 4 members (excludes halogenated alkanes) is 10. The average molecular weight is 504 g/mol. The second-order valence-corrected chi connectivity index (χ2v) is 13.3. The molecule has 1 saturated heterocycles. The summed E-state index contributed by atoms with van der Waals surface area (Å²) in [6.45, 7) is 8.59. The van der Waals surface area contributed by atoms with Crippen molar-refractivity contribution in [1.82, 2.24) is 5.48 Å². The maximum absolute atomic E-state index is 11.9. The Labute approximate surface area is 210 Å². The first-order valence-corrected chi connectivity index (χ1v) is 16.9. The fraction of sp³-hybridized carbons (Fsp3) is 0.962. The van der Waals surface area contributed by atoms with E-state index < -0.39 is 8.80 Å². The molecule has 1 aliphatic rings. The van der Waals surface area contributed by atoms with Gasteiger partial charge in [-0.25, -0.2) is 5.48 Å². The summed E-state index contributed by atoms with van der Waals surface area (Å²) in [5.74, 6) is 1.43. The molecule has 196 valence electrons. The number of carbonyl (C=O) groups is 1. The van der Waals surface area contributed by atoms with Crippen molar-refractivity contribution in [3.05, 3.63) is 0 Å². The molecule has 1 N–H and O–H groups in total. The van der Waals surface area contributed by atoms with Crippen molar-refractivity contribution < 1.29 is 18.2 Å². The Hall–Kier alpha value is 0.0769. The summed E-state index contributed by atoms with van der Waals surface area (Å²) in [5, 5.41) is 0.302. The van der Waals surface area contributed by atoms with Crippen molar-refractivity contribution >= 4 is 25.7 Å². The Balaban J connectivity index is 2.17. The van der Waals surface area contributed by atoms with Crippen molar-refractivity contribution in [2.24, 2.45) is 5.92 Å². The van der Waals surface area contributed by atoms with E-state index in [1.165, 1.54) is 82.4 Å². The van der Waals surface area contributed by atoms with Crippen LogP contribution < -0.4 is 5.48 Å². The normalized spacial score (nSPS) is 21.6. The fourth-order valence-corrected chi connectivity index (χ4v) is 7.74. The largest absolute Gasteiger partial charge is 0.517 e. The standard InChI is InChI=1S/C26H53NO4SSi/c1-4-7-9-10-11-12-13-14-15-16-18-25-20-21-30-33(29-6-3,31-27-24-25)23-17-22-32-26(28)19-8-5-2/h25,27H,4-24H2,1-3H3. The number of nitrogens with one attached hydrogen (secondary N) is 1. The second kappa shape index (κ2) is 21.4. The van der Waals surface area contributed by atoms with Gasteiger partial charge in [-0.1, -0.05) is 96.2 Å². The van der Waals surface area contributed by atoms with E-state index in [9.17, 15) is 4.79 Å². The minimum atomic E-state index is -2.69. The number of hydrogen-bond donors (Lipinski definition) is 1. The van der Waals surface area contributed by atoms with Crippen LogP contribution in [0.3, 0.4) is 0 Å². The van der Waals surface area contributed by atoms with Crippen LogP contribution in [0.4, 0.5) is 0 Å². The summed E-state index contributed by atoms with van der Waals surface area (Å²) in [5.41, 5.74) is 3.21. The van der Waals surface area contributed by atoms with E-state index in [0.717, 1.165) is 50.6 Å². The average Bonchev–Trinajstić information content (AvgIpc) is 2.80. The van der Waals surface area contributed by atoms with Crippen molar-refractivity contribution in [3.8, 4) is 0 Å². The first-order valence-electron chi connectivity index (χ1n) is 14.0. The Bertz CT molecular complexity index is 460. The third kappa shape index (κ3) is 16.4. The highest BCUT2D eigenvalue weighted by Crippen LogP contribution is 2.24. The van der Waals surface area contributed by atoms with Crippen LogP contribution in [0.5, 0.6) is 0 Å². The molecule has 1 aliphatic heterocycles. The Morgan fingerprint density at radius 3 is 2.27 bits per heavy atom. The maximum Gasteiger partial charge on any atom is 0.517 e. The molecule has 0 amide bonds. The lowest BCUT2D eigenvalue weighted by Gasteiger charge is -2.33. The first kappa shape index (κ1) is 31.1. The fourth-order valence-electron chi connectivity index (χ4n) is 4.30. The van der Waals surface area contributed by atoms with Crippen LogP contribution >= 0.6 is 11.8 Å². The van der Waals surface area contributed by atoms with E-state index in [1.807, 2.05) is 6.92 Å². The van der Waals surface area contributed by atoms with Gasteiger partial charge in [0.15, 0.2) is 5.12 Å². The first-order chi connectivity index (χ1) is 16.2. The summed E-state index contributed by atoms with van der Waals surface area (Å²) in [6, 6.07) is 0.769. The van der Waals surface area contributed by atoms with Crippen molar-refractivity contribution in [1.29, 1.82) is 0 Å². The van der Waals surface area contributed by atoms with Crippen molar-refractivity contribution in [2.45, 2.75) is 130 Å². The van der Waals surface area contributed by atoms with Gasteiger partial charge in [-0.05, 0) is 38.5 Å². The molecule has 7 heteroatoms. The minimum Gasteiger partial charge on any atom is -0.373 e. The molecule has 5 nitrogen and oxygen atoms in total. The van der Waals surface area contributed by atoms with Crippen LogP contribution in [0.15, 0.2) is 0 Å². The van der Waals surface area contributed by atoms with Crippen molar-refractivity contribution in [2.75, 3.05) is 25.5 Å². The van der Waals surface area contributed by atoms with Crippen LogP contribution in [0.2, 0.25) is 6.04 Å². The molecule has 1 fully saturated rings. The molecular formula is C26H53NO4SSi. The molecule has 0 spiro atoms. The lowest BCUT2D eigenvalue weighted by atomic mass is 9.97. The van der Waals surface area contributed by atoms with Gasteiger partial charge in [0.1, 0.15) is 0 Å². The monoisotopic (exact) mass is 503 g/mol. The van der Waals surface area contributed by atoms with E-state index in [0.29, 0.717) is 24.1 Å². The Kier molecular flexibility index (Phi) is 20.1. The van der Waals surface area contributed by atoms with Crippen LogP contribution in [0.1, 0.15) is 124 Å². The molecule has 0 bridgehead atoms. The van der Waals surface area contributed by atoms with Gasteiger partial charge < -0.3 is 8.85 Å². The zero-order chi connectivity index (χ0) is 24.0. The highest BCUT2D eigenvalue weighted by Gasteiger charge is 2.42. The van der Waals surface area contributed by atoms with Crippen LogP contribution in [-0.4, -0.2) is 39.4 Å². The van der Waals surface area contributed by atoms with E-state index in [-0.39, 0.29) is 0 Å². The minimum absolute atomic E-state index is 0.302. The lowest BCUT2D eigenvalue weighted by molar-refractivity contribution is -0.111. The molecule has 0 radical (unpaired) electrons. The van der Waals surface area contributed by atoms with Gasteiger partial charge in [0.2, 0.25) is 0 Å². The van der Waals surface area contributed by atoms with Gasteiger partial charge in [0, 0.05) is 38.0 Å². The molecule has 1 heterocycles. The third-order valence-electron chi connectivity index (χ3n) is 6.40. The van der Waals surface area contributed by atoms with Gasteiger partial charge in [-0.2, -0.15) is 0 Å². The number of hydrogen-bond acceptors (Lipinski definition) is 6. The third-order valence-corrected chi connectivity index (χ3v) is 10.2. The van der Waals surface area contributed by atoms with E-state index >= 15 is 0 Å². The van der Waals surface area contributed by atoms with Crippen LogP contribution in [-0.2, 0) is 18.2 Å². The molecule has 1 rings (SSSR count). The van der Waals surface area contributed by atoms with Gasteiger partial charge in [-0.15, -0.1) is 0 Å². The zero-order valence-electron chi connectivity index (χ0n) is 22.0. The molecule has 0 aromatic carbocycles. The second-order valence-electron chi connectivity index (χ2n) is 9.47. The Morgan fingerprint density at radius 1 is 0.939 bits per heavy atom. The molecule has 0 aromatic rings. The maximum atomic E-state index is 11.9. The van der Waals surface area contributed by atoms with Crippen LogP contribution in [0.25, 0.3) is 0 Å². The highest BCUT2D eigenvalue weighted by molar-refractivity contribution is 8.13. The summed E-state index contributed by atoms with van der Waals surface area (Å²) < 4.78 is 18.3.